The molecule has 1 fully saturated rings. The Bertz CT molecular complexity index is 880. The summed E-state index contributed by atoms with van der Waals surface area (Å²) in [6.45, 7) is 3.03. The van der Waals surface area contributed by atoms with Gasteiger partial charge in [-0.1, -0.05) is 11.2 Å². The second kappa shape index (κ2) is 6.69. The number of rotatable bonds is 3. The molecule has 0 saturated carbocycles. The van der Waals surface area contributed by atoms with Crippen LogP contribution in [0.5, 0.6) is 0 Å². The number of thiophene rings is 1. The van der Waals surface area contributed by atoms with Crippen molar-refractivity contribution < 1.29 is 14.1 Å². The Hall–Kier alpha value is -2.65. The summed E-state index contributed by atoms with van der Waals surface area (Å²) in [5, 5.41) is 5.95. The smallest absolute Gasteiger partial charge is 0.257 e. The van der Waals surface area contributed by atoms with Gasteiger partial charge in [-0.15, -0.1) is 11.3 Å². The van der Waals surface area contributed by atoms with Crippen LogP contribution >= 0.6 is 11.3 Å². The highest BCUT2D eigenvalue weighted by molar-refractivity contribution is 7.13. The Morgan fingerprint density at radius 1 is 1.44 bits per heavy atom. The molecule has 0 N–H and O–H groups in total. The minimum Gasteiger partial charge on any atom is -0.365 e. The van der Waals surface area contributed by atoms with Crippen molar-refractivity contribution in [3.63, 3.8) is 0 Å². The molecule has 1 atom stereocenters. The van der Waals surface area contributed by atoms with Crippen LogP contribution < -0.4 is 0 Å². The van der Waals surface area contributed by atoms with E-state index in [1.165, 1.54) is 23.9 Å². The van der Waals surface area contributed by atoms with Gasteiger partial charge >= 0.3 is 0 Å². The number of carbonyl (C=O) groups excluding carboxylic acids is 1. The number of morpholine rings is 1. The monoisotopic (exact) mass is 357 g/mol. The van der Waals surface area contributed by atoms with Crippen molar-refractivity contribution in [1.29, 1.82) is 0 Å². The van der Waals surface area contributed by atoms with Gasteiger partial charge in [0.05, 0.1) is 29.3 Å². The Balaban J connectivity index is 1.51. The lowest BCUT2D eigenvalue weighted by molar-refractivity contribution is -0.0367. The molecule has 1 aliphatic heterocycles. The molecule has 0 aliphatic carbocycles. The summed E-state index contributed by atoms with van der Waals surface area (Å²) >= 11 is 1.54. The maximum Gasteiger partial charge on any atom is 0.257 e. The van der Waals surface area contributed by atoms with Gasteiger partial charge in [-0.2, -0.15) is 4.98 Å². The summed E-state index contributed by atoms with van der Waals surface area (Å²) in [7, 11) is 0. The number of ether oxygens (including phenoxy) is 1. The predicted octanol–water partition coefficient (Wildman–Crippen LogP) is 2.11. The highest BCUT2D eigenvalue weighted by Crippen LogP contribution is 2.26. The zero-order valence-electron chi connectivity index (χ0n) is 13.5. The molecule has 128 valence electrons. The summed E-state index contributed by atoms with van der Waals surface area (Å²) in [5.74, 6) is 0.788. The molecule has 0 unspecified atom stereocenters. The van der Waals surface area contributed by atoms with E-state index in [0.29, 0.717) is 42.7 Å². The molecule has 1 amide bonds. The molecule has 9 heteroatoms. The van der Waals surface area contributed by atoms with Crippen molar-refractivity contribution in [3.05, 3.63) is 47.2 Å². The van der Waals surface area contributed by atoms with Gasteiger partial charge in [-0.05, 0) is 18.4 Å². The molecule has 0 bridgehead atoms. The van der Waals surface area contributed by atoms with E-state index in [4.69, 9.17) is 9.26 Å². The summed E-state index contributed by atoms with van der Waals surface area (Å²) in [6.07, 6.45) is 2.53. The number of carbonyl (C=O) groups is 1. The SMILES string of the molecule is Cc1ncncc1C(=O)N1CCO[C@H](c2nc(-c3cccs3)no2)C1. The largest absolute Gasteiger partial charge is 0.365 e. The molecule has 0 radical (unpaired) electrons. The van der Waals surface area contributed by atoms with Gasteiger partial charge in [0.2, 0.25) is 5.82 Å². The summed E-state index contributed by atoms with van der Waals surface area (Å²) in [5.41, 5.74) is 1.15. The molecule has 8 nitrogen and oxygen atoms in total. The zero-order valence-corrected chi connectivity index (χ0v) is 14.3. The fourth-order valence-electron chi connectivity index (χ4n) is 2.63. The first-order valence-electron chi connectivity index (χ1n) is 7.77. The minimum atomic E-state index is -0.441. The van der Waals surface area contributed by atoms with Crippen LogP contribution in [0, 0.1) is 6.92 Å². The van der Waals surface area contributed by atoms with Gasteiger partial charge in [0.1, 0.15) is 6.33 Å². The van der Waals surface area contributed by atoms with Crippen molar-refractivity contribution in [2.24, 2.45) is 0 Å². The second-order valence-electron chi connectivity index (χ2n) is 5.57. The van der Waals surface area contributed by atoms with Crippen molar-refractivity contribution >= 4 is 17.2 Å². The quantitative estimate of drug-likeness (QED) is 0.708. The van der Waals surface area contributed by atoms with Crippen LogP contribution in [-0.2, 0) is 4.74 Å². The molecule has 25 heavy (non-hydrogen) atoms. The van der Waals surface area contributed by atoms with Gasteiger partial charge in [0, 0.05) is 12.7 Å². The van der Waals surface area contributed by atoms with Crippen molar-refractivity contribution in [3.8, 4) is 10.7 Å². The molecule has 3 aromatic rings. The molecule has 3 aromatic heterocycles. The number of aromatic nitrogens is 4. The number of hydrogen-bond acceptors (Lipinski definition) is 8. The maximum atomic E-state index is 12.7. The van der Waals surface area contributed by atoms with E-state index >= 15 is 0 Å². The van der Waals surface area contributed by atoms with E-state index in [9.17, 15) is 4.79 Å². The molecule has 4 rings (SSSR count). The maximum absolute atomic E-state index is 12.7. The predicted molar refractivity (Wildman–Crippen MR) is 89.0 cm³/mol. The van der Waals surface area contributed by atoms with Gasteiger partial charge in [0.25, 0.3) is 11.8 Å². The van der Waals surface area contributed by atoms with E-state index < -0.39 is 6.10 Å². The van der Waals surface area contributed by atoms with Gasteiger partial charge in [-0.3, -0.25) is 4.79 Å². The first-order valence-corrected chi connectivity index (χ1v) is 8.65. The fraction of sp³-hybridized carbons (Fsp3) is 0.312. The average molecular weight is 357 g/mol. The first kappa shape index (κ1) is 15.9. The number of hydrogen-bond donors (Lipinski definition) is 0. The van der Waals surface area contributed by atoms with Crippen molar-refractivity contribution in [2.45, 2.75) is 13.0 Å². The van der Waals surface area contributed by atoms with E-state index in [2.05, 4.69) is 20.1 Å². The molecule has 1 aliphatic rings. The van der Waals surface area contributed by atoms with E-state index in [1.807, 2.05) is 17.5 Å². The molecule has 1 saturated heterocycles. The third kappa shape index (κ3) is 3.15. The lowest BCUT2D eigenvalue weighted by atomic mass is 10.2. The third-order valence-corrected chi connectivity index (χ3v) is 4.82. The lowest BCUT2D eigenvalue weighted by Crippen LogP contribution is -2.42. The topological polar surface area (TPSA) is 94.2 Å². The Morgan fingerprint density at radius 2 is 2.36 bits per heavy atom. The van der Waals surface area contributed by atoms with Crippen LogP contribution in [0.3, 0.4) is 0 Å². The minimum absolute atomic E-state index is 0.121. The van der Waals surface area contributed by atoms with Crippen molar-refractivity contribution in [1.82, 2.24) is 25.0 Å². The van der Waals surface area contributed by atoms with Crippen LogP contribution in [0.4, 0.5) is 0 Å². The normalized spacial score (nSPS) is 17.6. The average Bonchev–Trinajstić information content (AvgIpc) is 3.33. The molecular weight excluding hydrogens is 342 g/mol. The van der Waals surface area contributed by atoms with Gasteiger partial charge in [-0.25, -0.2) is 9.97 Å². The lowest BCUT2D eigenvalue weighted by Gasteiger charge is -2.31. The van der Waals surface area contributed by atoms with Crippen LogP contribution in [-0.4, -0.2) is 50.6 Å². The molecule has 0 aromatic carbocycles. The fourth-order valence-corrected chi connectivity index (χ4v) is 3.28. The molecular formula is C16H15N5O3S. The Kier molecular flexibility index (Phi) is 4.24. The van der Waals surface area contributed by atoms with Gasteiger partial charge in [0.15, 0.2) is 6.10 Å². The number of aryl methyl sites for hydroxylation is 1. The standard InChI is InChI=1S/C16H15N5O3S/c1-10-11(7-17-9-18-10)16(22)21-4-5-23-12(8-21)15-19-14(20-24-15)13-3-2-6-25-13/h2-3,6-7,9,12H,4-5,8H2,1H3/t12-/m0/s1. The van der Waals surface area contributed by atoms with Crippen LogP contribution in [0.2, 0.25) is 0 Å². The second-order valence-corrected chi connectivity index (χ2v) is 6.51. The van der Waals surface area contributed by atoms with Crippen LogP contribution in [0.1, 0.15) is 28.0 Å². The van der Waals surface area contributed by atoms with E-state index in [1.54, 1.807) is 11.8 Å². The van der Waals surface area contributed by atoms with E-state index in [-0.39, 0.29) is 5.91 Å². The summed E-state index contributed by atoms with van der Waals surface area (Å²) < 4.78 is 11.1. The third-order valence-electron chi connectivity index (χ3n) is 3.95. The number of nitrogens with zero attached hydrogens (tertiary/aromatic N) is 5. The Labute approximate surface area is 147 Å². The van der Waals surface area contributed by atoms with Crippen LogP contribution in [0.15, 0.2) is 34.6 Å². The van der Waals surface area contributed by atoms with E-state index in [0.717, 1.165) is 4.88 Å². The number of amides is 1. The highest BCUT2D eigenvalue weighted by Gasteiger charge is 2.30. The van der Waals surface area contributed by atoms with Crippen molar-refractivity contribution in [2.75, 3.05) is 19.7 Å². The van der Waals surface area contributed by atoms with Gasteiger partial charge < -0.3 is 14.2 Å². The molecule has 0 spiro atoms. The summed E-state index contributed by atoms with van der Waals surface area (Å²) in [4.78, 5) is 27.8. The first-order chi connectivity index (χ1) is 12.2. The Morgan fingerprint density at radius 3 is 3.16 bits per heavy atom. The molecule has 4 heterocycles. The highest BCUT2D eigenvalue weighted by atomic mass is 32.1. The van der Waals surface area contributed by atoms with Crippen LogP contribution in [0.25, 0.3) is 10.7 Å². The summed E-state index contributed by atoms with van der Waals surface area (Å²) in [6, 6.07) is 3.85. The zero-order chi connectivity index (χ0) is 17.2.